The van der Waals surface area contributed by atoms with E-state index in [9.17, 15) is 36.3 Å². The van der Waals surface area contributed by atoms with Gasteiger partial charge >= 0.3 is 5.97 Å². The molecule has 16 heteroatoms. The quantitative estimate of drug-likeness (QED) is 0.0700. The number of hydrogen-bond donors (Lipinski definition) is 7. The molecule has 8 N–H and O–H groups in total. The molecule has 0 aliphatic carbocycles. The van der Waals surface area contributed by atoms with E-state index < -0.39 is 68.1 Å². The minimum absolute atomic E-state index is 0.00914. The van der Waals surface area contributed by atoms with Gasteiger partial charge in [0.1, 0.15) is 12.1 Å². The summed E-state index contributed by atoms with van der Waals surface area (Å²) in [4.78, 5) is 37.8. The van der Waals surface area contributed by atoms with Crippen LogP contribution in [0.25, 0.3) is 0 Å². The fourth-order valence-corrected chi connectivity index (χ4v) is 5.27. The maximum atomic E-state index is 13.4. The fourth-order valence-electron chi connectivity index (χ4n) is 3.57. The Labute approximate surface area is 241 Å². The van der Waals surface area contributed by atoms with Crippen molar-refractivity contribution in [2.75, 3.05) is 12.8 Å². The van der Waals surface area contributed by atoms with Crippen molar-refractivity contribution in [1.82, 2.24) is 20.7 Å². The summed E-state index contributed by atoms with van der Waals surface area (Å²) in [5, 5.41) is 24.8. The molecule has 0 bridgehead atoms. The summed E-state index contributed by atoms with van der Waals surface area (Å²) in [6.07, 6.45) is 1.99. The number of sulfonamides is 1. The lowest BCUT2D eigenvalue weighted by Crippen LogP contribution is -2.57. The van der Waals surface area contributed by atoms with E-state index in [1.165, 1.54) is 12.1 Å². The van der Waals surface area contributed by atoms with Crippen molar-refractivity contribution in [2.45, 2.75) is 69.5 Å². The summed E-state index contributed by atoms with van der Waals surface area (Å²) in [5.74, 6) is -3.61. The third-order valence-electron chi connectivity index (χ3n) is 6.00. The Balaban J connectivity index is 3.24. The number of guanidine groups is 1. The number of amides is 2. The van der Waals surface area contributed by atoms with Crippen LogP contribution in [-0.2, 0) is 34.2 Å². The molecule has 0 aliphatic rings. The molecule has 0 spiro atoms. The molecule has 0 saturated heterocycles. The van der Waals surface area contributed by atoms with E-state index in [1.54, 1.807) is 32.9 Å². The van der Waals surface area contributed by atoms with Crippen LogP contribution in [0.3, 0.4) is 0 Å². The van der Waals surface area contributed by atoms with Gasteiger partial charge in [0.25, 0.3) is 0 Å². The van der Waals surface area contributed by atoms with Crippen LogP contribution in [0.5, 0.6) is 0 Å². The summed E-state index contributed by atoms with van der Waals surface area (Å²) >= 11 is 0. The van der Waals surface area contributed by atoms with Gasteiger partial charge in [-0.2, -0.15) is 4.72 Å². The zero-order valence-electron chi connectivity index (χ0n) is 23.5. The average Bonchev–Trinajstić information content (AvgIpc) is 2.86. The Morgan fingerprint density at radius 1 is 1.07 bits per heavy atom. The van der Waals surface area contributed by atoms with Gasteiger partial charge in [-0.1, -0.05) is 44.0 Å². The molecular weight excluding hydrogens is 576 g/mol. The molecule has 0 aliphatic heterocycles. The van der Waals surface area contributed by atoms with Crippen LogP contribution in [0.1, 0.15) is 45.1 Å². The predicted molar refractivity (Wildman–Crippen MR) is 154 cm³/mol. The average molecular weight is 617 g/mol. The highest BCUT2D eigenvalue weighted by atomic mass is 32.2. The van der Waals surface area contributed by atoms with Crippen LogP contribution in [0.4, 0.5) is 0 Å². The van der Waals surface area contributed by atoms with E-state index in [0.717, 1.165) is 23.3 Å². The summed E-state index contributed by atoms with van der Waals surface area (Å²) in [5.41, 5.74) is 6.12. The Morgan fingerprint density at radius 3 is 2.20 bits per heavy atom. The predicted octanol–water partition coefficient (Wildman–Crippen LogP) is -0.0461. The van der Waals surface area contributed by atoms with Crippen molar-refractivity contribution in [3.05, 3.63) is 41.3 Å². The maximum Gasteiger partial charge on any atom is 0.305 e. The number of nitrogens with two attached hydrogens (primary N) is 1. The number of carboxylic acid groups (broad SMARTS) is 1. The largest absolute Gasteiger partial charge is 0.481 e. The minimum atomic E-state index is -4.14. The fraction of sp³-hybridized carbons (Fsp3) is 0.520. The molecule has 1 rings (SSSR count). The van der Waals surface area contributed by atoms with Gasteiger partial charge in [0.15, 0.2) is 15.8 Å². The van der Waals surface area contributed by atoms with Crippen LogP contribution >= 0.6 is 0 Å². The zero-order chi connectivity index (χ0) is 31.4. The molecule has 0 fully saturated rings. The van der Waals surface area contributed by atoms with Gasteiger partial charge in [-0.25, -0.2) is 16.8 Å². The number of aliphatic carboxylic acids is 1. The molecule has 41 heavy (non-hydrogen) atoms. The molecule has 0 heterocycles. The summed E-state index contributed by atoms with van der Waals surface area (Å²) in [6.45, 7) is 5.41. The van der Waals surface area contributed by atoms with E-state index in [0.29, 0.717) is 6.42 Å². The lowest BCUT2D eigenvalue weighted by Gasteiger charge is -2.27. The number of benzene rings is 1. The number of carboxylic acids is 1. The summed E-state index contributed by atoms with van der Waals surface area (Å²) < 4.78 is 51.5. The molecule has 1 aromatic carbocycles. The zero-order valence-corrected chi connectivity index (χ0v) is 25.1. The van der Waals surface area contributed by atoms with Gasteiger partial charge in [0.2, 0.25) is 21.8 Å². The van der Waals surface area contributed by atoms with Crippen molar-refractivity contribution in [2.24, 2.45) is 11.7 Å². The third kappa shape index (κ3) is 13.6. The summed E-state index contributed by atoms with van der Waals surface area (Å²) in [7, 11) is -7.75. The minimum Gasteiger partial charge on any atom is -0.481 e. The molecule has 14 nitrogen and oxygen atoms in total. The Bertz CT molecular complexity index is 1310. The topological polar surface area (TPSA) is 238 Å². The van der Waals surface area contributed by atoms with Crippen molar-refractivity contribution in [3.63, 3.8) is 0 Å². The van der Waals surface area contributed by atoms with Gasteiger partial charge < -0.3 is 26.8 Å². The molecule has 4 atom stereocenters. The molecule has 2 unspecified atom stereocenters. The first-order valence-electron chi connectivity index (χ1n) is 12.8. The number of rotatable bonds is 17. The van der Waals surface area contributed by atoms with Crippen molar-refractivity contribution < 1.29 is 36.3 Å². The summed E-state index contributed by atoms with van der Waals surface area (Å²) in [6, 6.07) is 2.31. The van der Waals surface area contributed by atoms with Crippen molar-refractivity contribution in [1.29, 1.82) is 5.41 Å². The smallest absolute Gasteiger partial charge is 0.305 e. The SMILES string of the molecule is CCC(C)C(NC(=O)[C@H](CCCNC(=N)N)NS(=O)(=O)c1ccc(C)cc1)C(=O)N[C@H](/C=C/S(C)(=O)=O)CC(=O)O. The van der Waals surface area contributed by atoms with Crippen molar-refractivity contribution >= 4 is 43.6 Å². The van der Waals surface area contributed by atoms with Crippen LogP contribution < -0.4 is 26.4 Å². The number of carbonyl (C=O) groups excluding carboxylic acids is 2. The van der Waals surface area contributed by atoms with E-state index in [4.69, 9.17) is 11.1 Å². The maximum absolute atomic E-state index is 13.4. The monoisotopic (exact) mass is 616 g/mol. The molecule has 0 aromatic heterocycles. The molecule has 230 valence electrons. The Morgan fingerprint density at radius 2 is 1.68 bits per heavy atom. The highest BCUT2D eigenvalue weighted by molar-refractivity contribution is 7.93. The van der Waals surface area contributed by atoms with Gasteiger partial charge in [-0.05, 0) is 37.8 Å². The first-order chi connectivity index (χ1) is 18.9. The highest BCUT2D eigenvalue weighted by Gasteiger charge is 2.32. The first kappa shape index (κ1) is 35.5. The third-order valence-corrected chi connectivity index (χ3v) is 8.14. The molecular formula is C25H40N6O8S2. The first-order valence-corrected chi connectivity index (χ1v) is 16.3. The van der Waals surface area contributed by atoms with Crippen LogP contribution in [0, 0.1) is 18.3 Å². The standard InChI is InChI=1S/C25H40N6O8S2/c1-5-17(3)22(24(35)29-18(15-21(32)33)12-14-40(4,36)37)30-23(34)20(7-6-13-28-25(26)27)31-41(38,39)19-10-8-16(2)9-11-19/h8-12,14,17-18,20,22,31H,5-7,13,15H2,1-4H3,(H,29,35)(H,30,34)(H,32,33)(H4,26,27,28)/b14-12+/t17?,18-,20+,22?/m1/s1. The Kier molecular flexibility index (Phi) is 13.9. The van der Waals surface area contributed by atoms with Crippen LogP contribution in [0.15, 0.2) is 40.6 Å². The van der Waals surface area contributed by atoms with E-state index in [2.05, 4.69) is 20.7 Å². The number of sulfone groups is 1. The van der Waals surface area contributed by atoms with Crippen LogP contribution in [0.2, 0.25) is 0 Å². The molecule has 1 aromatic rings. The number of hydrogen-bond acceptors (Lipinski definition) is 8. The highest BCUT2D eigenvalue weighted by Crippen LogP contribution is 2.14. The second-order valence-corrected chi connectivity index (χ2v) is 13.4. The van der Waals surface area contributed by atoms with Crippen LogP contribution in [-0.4, -0.2) is 76.6 Å². The van der Waals surface area contributed by atoms with Gasteiger partial charge in [-0.3, -0.25) is 19.8 Å². The second-order valence-electron chi connectivity index (χ2n) is 9.71. The second kappa shape index (κ2) is 16.1. The normalized spacial score (nSPS) is 14.9. The molecule has 0 radical (unpaired) electrons. The Hall–Kier alpha value is -3.50. The lowest BCUT2D eigenvalue weighted by atomic mass is 9.97. The van der Waals surface area contributed by atoms with Crippen molar-refractivity contribution in [3.8, 4) is 0 Å². The number of nitrogens with one attached hydrogen (secondary N) is 5. The van der Waals surface area contributed by atoms with E-state index in [-0.39, 0.29) is 30.2 Å². The molecule has 2 amide bonds. The molecule has 0 saturated carbocycles. The van der Waals surface area contributed by atoms with E-state index in [1.807, 2.05) is 0 Å². The number of carbonyl (C=O) groups is 3. The number of aryl methyl sites for hydroxylation is 1. The lowest BCUT2D eigenvalue weighted by molar-refractivity contribution is -0.137. The van der Waals surface area contributed by atoms with Gasteiger partial charge in [0, 0.05) is 18.2 Å². The van der Waals surface area contributed by atoms with Gasteiger partial charge in [0.05, 0.1) is 17.4 Å². The van der Waals surface area contributed by atoms with E-state index >= 15 is 0 Å². The van der Waals surface area contributed by atoms with Gasteiger partial charge in [-0.15, -0.1) is 0 Å².